The Bertz CT molecular complexity index is 776. The molecule has 0 aliphatic carbocycles. The van der Waals surface area contributed by atoms with Crippen molar-refractivity contribution in [1.29, 1.82) is 0 Å². The smallest absolute Gasteiger partial charge is 0.262 e. The molecule has 0 radical (unpaired) electrons. The van der Waals surface area contributed by atoms with Crippen LogP contribution in [0.3, 0.4) is 0 Å². The molecular formula is C14H15FN2O3S. The summed E-state index contributed by atoms with van der Waals surface area (Å²) >= 11 is 0. The summed E-state index contributed by atoms with van der Waals surface area (Å²) in [5, 5.41) is 0. The normalized spacial score (nSPS) is 11.2. The van der Waals surface area contributed by atoms with Crippen molar-refractivity contribution < 1.29 is 17.5 Å². The maximum atomic E-state index is 13.1. The first-order valence-corrected chi connectivity index (χ1v) is 7.54. The highest BCUT2D eigenvalue weighted by Gasteiger charge is 2.18. The van der Waals surface area contributed by atoms with Gasteiger partial charge in [-0.05, 0) is 42.8 Å². The highest BCUT2D eigenvalue weighted by atomic mass is 32.2. The van der Waals surface area contributed by atoms with Gasteiger partial charge in [0.25, 0.3) is 10.0 Å². The molecule has 0 unspecified atom stereocenters. The minimum absolute atomic E-state index is 0.000817. The maximum absolute atomic E-state index is 13.1. The highest BCUT2D eigenvalue weighted by Crippen LogP contribution is 2.27. The Hall–Kier alpha value is -2.28. The molecule has 5 nitrogen and oxygen atoms in total. The Morgan fingerprint density at radius 3 is 2.48 bits per heavy atom. The number of halogens is 1. The lowest BCUT2D eigenvalue weighted by Crippen LogP contribution is -2.15. The van der Waals surface area contributed by atoms with Gasteiger partial charge in [-0.1, -0.05) is 0 Å². The van der Waals surface area contributed by atoms with E-state index in [1.54, 1.807) is 6.07 Å². The third kappa shape index (κ3) is 3.25. The monoisotopic (exact) mass is 310 g/mol. The number of benzene rings is 2. The number of ether oxygens (including phenoxy) is 1. The SMILES string of the molecule is COc1ccc(NS(=O)(=O)c2ccc(F)cc2C)c(N)c1. The van der Waals surface area contributed by atoms with E-state index in [2.05, 4.69) is 4.72 Å². The number of nitrogens with one attached hydrogen (secondary N) is 1. The van der Waals surface area contributed by atoms with Gasteiger partial charge in [0.15, 0.2) is 0 Å². The number of nitrogen functional groups attached to an aromatic ring is 1. The molecule has 0 amide bonds. The van der Waals surface area contributed by atoms with Crippen LogP contribution in [-0.4, -0.2) is 15.5 Å². The zero-order valence-corrected chi connectivity index (χ0v) is 12.4. The summed E-state index contributed by atoms with van der Waals surface area (Å²) in [4.78, 5) is -0.000817. The van der Waals surface area contributed by atoms with Crippen LogP contribution in [-0.2, 0) is 10.0 Å². The molecule has 0 aromatic heterocycles. The van der Waals surface area contributed by atoms with E-state index in [4.69, 9.17) is 10.5 Å². The van der Waals surface area contributed by atoms with Gasteiger partial charge in [-0.25, -0.2) is 12.8 Å². The molecule has 0 saturated carbocycles. The fourth-order valence-electron chi connectivity index (χ4n) is 1.87. The molecule has 0 aliphatic rings. The molecule has 21 heavy (non-hydrogen) atoms. The summed E-state index contributed by atoms with van der Waals surface area (Å²) in [6, 6.07) is 8.07. The van der Waals surface area contributed by atoms with Gasteiger partial charge in [0.1, 0.15) is 11.6 Å². The van der Waals surface area contributed by atoms with Crippen LogP contribution in [0.4, 0.5) is 15.8 Å². The highest BCUT2D eigenvalue weighted by molar-refractivity contribution is 7.92. The second-order valence-corrected chi connectivity index (χ2v) is 6.12. The molecule has 0 spiro atoms. The van der Waals surface area contributed by atoms with E-state index in [1.165, 1.54) is 32.2 Å². The van der Waals surface area contributed by atoms with Crippen LogP contribution in [0.5, 0.6) is 5.75 Å². The zero-order valence-electron chi connectivity index (χ0n) is 11.6. The van der Waals surface area contributed by atoms with Gasteiger partial charge in [-0.15, -0.1) is 0 Å². The molecule has 112 valence electrons. The third-order valence-corrected chi connectivity index (χ3v) is 4.46. The van der Waals surface area contributed by atoms with Crippen LogP contribution in [0.1, 0.15) is 5.56 Å². The topological polar surface area (TPSA) is 81.4 Å². The molecule has 2 aromatic carbocycles. The number of hydrogen-bond acceptors (Lipinski definition) is 4. The van der Waals surface area contributed by atoms with E-state index in [-0.39, 0.29) is 16.3 Å². The Morgan fingerprint density at radius 2 is 1.90 bits per heavy atom. The largest absolute Gasteiger partial charge is 0.497 e. The van der Waals surface area contributed by atoms with Gasteiger partial charge >= 0.3 is 0 Å². The Labute approximate surface area is 122 Å². The van der Waals surface area contributed by atoms with E-state index in [0.717, 1.165) is 12.1 Å². The molecule has 0 saturated heterocycles. The van der Waals surface area contributed by atoms with Gasteiger partial charge in [0.05, 0.1) is 23.4 Å². The zero-order chi connectivity index (χ0) is 15.6. The van der Waals surface area contributed by atoms with E-state index in [9.17, 15) is 12.8 Å². The fourth-order valence-corrected chi connectivity index (χ4v) is 3.19. The van der Waals surface area contributed by atoms with Gasteiger partial charge in [0.2, 0.25) is 0 Å². The van der Waals surface area contributed by atoms with Crippen LogP contribution in [0.2, 0.25) is 0 Å². The number of anilines is 2. The fraction of sp³-hybridized carbons (Fsp3) is 0.143. The van der Waals surface area contributed by atoms with Crippen LogP contribution in [0.25, 0.3) is 0 Å². The predicted molar refractivity (Wildman–Crippen MR) is 79.4 cm³/mol. The first-order chi connectivity index (χ1) is 9.83. The second-order valence-electron chi connectivity index (χ2n) is 4.47. The van der Waals surface area contributed by atoms with Crippen LogP contribution in [0.15, 0.2) is 41.3 Å². The van der Waals surface area contributed by atoms with E-state index < -0.39 is 15.8 Å². The van der Waals surface area contributed by atoms with Gasteiger partial charge in [-0.3, -0.25) is 4.72 Å². The molecule has 0 heterocycles. The minimum atomic E-state index is -3.84. The van der Waals surface area contributed by atoms with Crippen LogP contribution >= 0.6 is 0 Å². The Kier molecular flexibility index (Phi) is 4.04. The quantitative estimate of drug-likeness (QED) is 0.850. The number of rotatable bonds is 4. The number of methoxy groups -OCH3 is 1. The summed E-state index contributed by atoms with van der Waals surface area (Å²) in [6.45, 7) is 1.52. The van der Waals surface area contributed by atoms with Crippen molar-refractivity contribution in [2.24, 2.45) is 0 Å². The summed E-state index contributed by atoms with van der Waals surface area (Å²) in [6.07, 6.45) is 0. The summed E-state index contributed by atoms with van der Waals surface area (Å²) < 4.78 is 45.1. The van der Waals surface area contributed by atoms with Crippen molar-refractivity contribution in [2.75, 3.05) is 17.6 Å². The average Bonchev–Trinajstić information content (AvgIpc) is 2.40. The summed E-state index contributed by atoms with van der Waals surface area (Å²) in [5.41, 5.74) is 6.56. The lowest BCUT2D eigenvalue weighted by molar-refractivity contribution is 0.415. The van der Waals surface area contributed by atoms with Crippen molar-refractivity contribution in [3.63, 3.8) is 0 Å². The lowest BCUT2D eigenvalue weighted by atomic mass is 10.2. The first kappa shape index (κ1) is 15.1. The minimum Gasteiger partial charge on any atom is -0.497 e. The van der Waals surface area contributed by atoms with E-state index in [0.29, 0.717) is 11.3 Å². The van der Waals surface area contributed by atoms with Crippen molar-refractivity contribution in [3.05, 3.63) is 47.8 Å². The average molecular weight is 310 g/mol. The molecule has 0 aliphatic heterocycles. The number of sulfonamides is 1. The van der Waals surface area contributed by atoms with E-state index in [1.807, 2.05) is 0 Å². The maximum Gasteiger partial charge on any atom is 0.262 e. The van der Waals surface area contributed by atoms with Crippen molar-refractivity contribution >= 4 is 21.4 Å². The molecule has 0 fully saturated rings. The summed E-state index contributed by atoms with van der Waals surface area (Å²) in [5.74, 6) is 0.0313. The molecule has 0 bridgehead atoms. The Balaban J connectivity index is 2.37. The molecule has 2 rings (SSSR count). The van der Waals surface area contributed by atoms with Crippen molar-refractivity contribution in [3.8, 4) is 5.75 Å². The number of aryl methyl sites for hydroxylation is 1. The predicted octanol–water partition coefficient (Wildman–Crippen LogP) is 2.53. The third-order valence-electron chi connectivity index (χ3n) is 2.93. The van der Waals surface area contributed by atoms with E-state index >= 15 is 0 Å². The number of nitrogens with two attached hydrogens (primary N) is 1. The van der Waals surface area contributed by atoms with Gasteiger partial charge < -0.3 is 10.5 Å². The van der Waals surface area contributed by atoms with Crippen LogP contribution < -0.4 is 15.2 Å². The lowest BCUT2D eigenvalue weighted by Gasteiger charge is -2.13. The number of hydrogen-bond donors (Lipinski definition) is 2. The summed E-state index contributed by atoms with van der Waals surface area (Å²) in [7, 11) is -2.35. The molecule has 7 heteroatoms. The second kappa shape index (κ2) is 5.61. The van der Waals surface area contributed by atoms with Crippen molar-refractivity contribution in [1.82, 2.24) is 0 Å². The Morgan fingerprint density at radius 1 is 1.19 bits per heavy atom. The first-order valence-electron chi connectivity index (χ1n) is 6.06. The van der Waals surface area contributed by atoms with Gasteiger partial charge in [0, 0.05) is 6.07 Å². The molecule has 2 aromatic rings. The molecule has 0 atom stereocenters. The van der Waals surface area contributed by atoms with Gasteiger partial charge in [-0.2, -0.15) is 0 Å². The van der Waals surface area contributed by atoms with Crippen LogP contribution in [0, 0.1) is 12.7 Å². The van der Waals surface area contributed by atoms with Crippen molar-refractivity contribution in [2.45, 2.75) is 11.8 Å². The standard InChI is InChI=1S/C14H15FN2O3S/c1-9-7-10(15)3-6-14(9)21(18,19)17-13-5-4-11(20-2)8-12(13)16/h3-8,17H,16H2,1-2H3. The molecule has 3 N–H and O–H groups in total. The molecular weight excluding hydrogens is 295 g/mol.